The number of nitrogens with zero attached hydrogens (tertiary/aromatic N) is 1. The molecule has 1 saturated heterocycles. The van der Waals surface area contributed by atoms with E-state index in [-0.39, 0.29) is 34.9 Å². The minimum absolute atomic E-state index is 0. The summed E-state index contributed by atoms with van der Waals surface area (Å²) in [4.78, 5) is 1.86. The van der Waals surface area contributed by atoms with E-state index in [0.29, 0.717) is 31.7 Å². The maximum atomic E-state index is 13.4. The number of aromatic hydroxyl groups is 1. The van der Waals surface area contributed by atoms with Gasteiger partial charge in [-0.1, -0.05) is 28.1 Å². The second-order valence-corrected chi connectivity index (χ2v) is 7.61. The first-order chi connectivity index (χ1) is 14.0. The van der Waals surface area contributed by atoms with E-state index in [4.69, 9.17) is 0 Å². The van der Waals surface area contributed by atoms with E-state index in [0.717, 1.165) is 18.2 Å². The first-order valence-electron chi connectivity index (χ1n) is 8.86. The quantitative estimate of drug-likeness (QED) is 0.448. The number of hydrogen-bond donors (Lipinski definition) is 2. The number of nitrogens with one attached hydrogen (secondary N) is 1. The van der Waals surface area contributed by atoms with Gasteiger partial charge in [0.15, 0.2) is 0 Å². The lowest BCUT2D eigenvalue weighted by Crippen LogP contribution is -2.45. The van der Waals surface area contributed by atoms with Gasteiger partial charge >= 0.3 is 12.5 Å². The van der Waals surface area contributed by atoms with Gasteiger partial charge in [-0.3, -0.25) is 4.90 Å². The maximum absolute atomic E-state index is 13.4. The summed E-state index contributed by atoms with van der Waals surface area (Å²) in [5.74, 6) is -1.36. The van der Waals surface area contributed by atoms with Crippen LogP contribution < -0.4 is 10.1 Å². The Bertz CT molecular complexity index is 891. The van der Waals surface area contributed by atoms with Crippen molar-refractivity contribution >= 4 is 40.7 Å². The standard InChI is InChI=1S/C19H17BrF6N2O2.2ClH/c20-12-9-14(17(29)15(10-12)18(21,22)23)16(28-7-5-27-6-8-28)11-1-3-13(4-2-11)30-19(24,25)26;;/h1-4,9-10,16,27,29H,5-8H2;2*1H/t16-;;/m1../s1. The Balaban J connectivity index is 0.00000256. The van der Waals surface area contributed by atoms with E-state index in [2.05, 4.69) is 26.0 Å². The predicted molar refractivity (Wildman–Crippen MR) is 115 cm³/mol. The van der Waals surface area contributed by atoms with Crippen LogP contribution in [0.2, 0.25) is 0 Å². The fraction of sp³-hybridized carbons (Fsp3) is 0.368. The molecule has 1 heterocycles. The number of halogens is 9. The number of alkyl halides is 6. The highest BCUT2D eigenvalue weighted by Crippen LogP contribution is 2.44. The third-order valence-corrected chi connectivity index (χ3v) is 5.11. The molecular weight excluding hydrogens is 553 g/mol. The molecule has 0 radical (unpaired) electrons. The number of benzene rings is 2. The van der Waals surface area contributed by atoms with Crippen molar-refractivity contribution in [2.75, 3.05) is 26.2 Å². The molecule has 2 N–H and O–H groups in total. The summed E-state index contributed by atoms with van der Waals surface area (Å²) in [6.45, 7) is 2.09. The van der Waals surface area contributed by atoms with E-state index < -0.39 is 35.6 Å². The van der Waals surface area contributed by atoms with Crippen LogP contribution >= 0.6 is 40.7 Å². The minimum atomic E-state index is -4.86. The highest BCUT2D eigenvalue weighted by atomic mass is 79.9. The molecule has 1 aliphatic heterocycles. The van der Waals surface area contributed by atoms with Gasteiger partial charge in [-0.15, -0.1) is 38.0 Å². The zero-order chi connectivity index (χ0) is 22.1. The van der Waals surface area contributed by atoms with Crippen LogP contribution in [-0.2, 0) is 6.18 Å². The monoisotopic (exact) mass is 570 g/mol. The molecule has 4 nitrogen and oxygen atoms in total. The van der Waals surface area contributed by atoms with Gasteiger partial charge in [0.1, 0.15) is 11.5 Å². The normalized spacial score (nSPS) is 16.0. The van der Waals surface area contributed by atoms with Gasteiger partial charge in [0.2, 0.25) is 0 Å². The molecule has 13 heteroatoms. The molecule has 0 amide bonds. The smallest absolute Gasteiger partial charge is 0.507 e. The van der Waals surface area contributed by atoms with Crippen molar-refractivity contribution in [2.45, 2.75) is 18.6 Å². The number of rotatable bonds is 4. The number of ether oxygens (including phenoxy) is 1. The van der Waals surface area contributed by atoms with Crippen LogP contribution in [0.25, 0.3) is 0 Å². The number of phenols is 1. The van der Waals surface area contributed by atoms with Crippen LogP contribution in [-0.4, -0.2) is 42.5 Å². The molecule has 1 aliphatic rings. The Kier molecular flexibility index (Phi) is 9.98. The highest BCUT2D eigenvalue weighted by molar-refractivity contribution is 9.10. The average Bonchev–Trinajstić information content (AvgIpc) is 2.64. The van der Waals surface area contributed by atoms with Gasteiger partial charge in [-0.2, -0.15) is 13.2 Å². The Labute approximate surface area is 200 Å². The second kappa shape index (κ2) is 11.1. The molecule has 32 heavy (non-hydrogen) atoms. The highest BCUT2D eigenvalue weighted by Gasteiger charge is 2.38. The van der Waals surface area contributed by atoms with Crippen molar-refractivity contribution < 1.29 is 36.2 Å². The molecule has 0 aromatic heterocycles. The third kappa shape index (κ3) is 7.05. The van der Waals surface area contributed by atoms with E-state index >= 15 is 0 Å². The summed E-state index contributed by atoms with van der Waals surface area (Å²) < 4.78 is 81.5. The summed E-state index contributed by atoms with van der Waals surface area (Å²) in [6, 6.07) is 6.26. The van der Waals surface area contributed by atoms with Crippen molar-refractivity contribution in [1.29, 1.82) is 0 Å². The Morgan fingerprint density at radius 3 is 2.03 bits per heavy atom. The van der Waals surface area contributed by atoms with E-state index in [1.807, 2.05) is 4.90 Å². The topological polar surface area (TPSA) is 44.7 Å². The Hall–Kier alpha value is -1.40. The second-order valence-electron chi connectivity index (χ2n) is 6.69. The lowest BCUT2D eigenvalue weighted by Gasteiger charge is -2.36. The minimum Gasteiger partial charge on any atom is -0.507 e. The summed E-state index contributed by atoms with van der Waals surface area (Å²) >= 11 is 3.06. The number of phenolic OH excluding ortho intramolecular Hbond substituents is 1. The molecule has 0 bridgehead atoms. The fourth-order valence-electron chi connectivity index (χ4n) is 3.42. The molecule has 0 spiro atoms. The summed E-state index contributed by atoms with van der Waals surface area (Å²) in [5.41, 5.74) is -0.764. The Morgan fingerprint density at radius 1 is 0.969 bits per heavy atom. The average molecular weight is 572 g/mol. The molecule has 0 unspecified atom stereocenters. The van der Waals surface area contributed by atoms with Gasteiger partial charge in [0, 0.05) is 36.2 Å². The molecule has 2 aromatic carbocycles. The summed E-state index contributed by atoms with van der Waals surface area (Å²) in [6.07, 6.45) is -9.63. The molecule has 3 rings (SSSR count). The van der Waals surface area contributed by atoms with Gasteiger partial charge in [-0.05, 0) is 29.8 Å². The number of hydrogen-bond acceptors (Lipinski definition) is 4. The fourth-order valence-corrected chi connectivity index (χ4v) is 3.90. The molecule has 180 valence electrons. The zero-order valence-electron chi connectivity index (χ0n) is 16.1. The van der Waals surface area contributed by atoms with Crippen LogP contribution in [0.15, 0.2) is 40.9 Å². The molecule has 0 saturated carbocycles. The van der Waals surface area contributed by atoms with Crippen molar-refractivity contribution in [1.82, 2.24) is 10.2 Å². The third-order valence-electron chi connectivity index (χ3n) is 4.65. The first-order valence-corrected chi connectivity index (χ1v) is 9.65. The van der Waals surface area contributed by atoms with Crippen molar-refractivity contribution in [3.8, 4) is 11.5 Å². The van der Waals surface area contributed by atoms with Gasteiger partial charge < -0.3 is 15.2 Å². The van der Waals surface area contributed by atoms with Gasteiger partial charge in [0.25, 0.3) is 0 Å². The van der Waals surface area contributed by atoms with Crippen LogP contribution in [0.4, 0.5) is 26.3 Å². The summed E-state index contributed by atoms with van der Waals surface area (Å²) in [7, 11) is 0. The largest absolute Gasteiger partial charge is 0.573 e. The van der Waals surface area contributed by atoms with Gasteiger partial charge in [-0.25, -0.2) is 0 Å². The van der Waals surface area contributed by atoms with E-state index in [1.165, 1.54) is 18.2 Å². The van der Waals surface area contributed by atoms with E-state index in [9.17, 15) is 31.4 Å². The molecule has 1 fully saturated rings. The van der Waals surface area contributed by atoms with Crippen LogP contribution in [0.1, 0.15) is 22.7 Å². The van der Waals surface area contributed by atoms with Crippen molar-refractivity contribution in [2.24, 2.45) is 0 Å². The van der Waals surface area contributed by atoms with Gasteiger partial charge in [0.05, 0.1) is 11.6 Å². The lowest BCUT2D eigenvalue weighted by atomic mass is 9.93. The van der Waals surface area contributed by atoms with Crippen LogP contribution in [0.5, 0.6) is 11.5 Å². The van der Waals surface area contributed by atoms with Crippen molar-refractivity contribution in [3.63, 3.8) is 0 Å². The Morgan fingerprint density at radius 2 is 1.53 bits per heavy atom. The van der Waals surface area contributed by atoms with Crippen molar-refractivity contribution in [3.05, 3.63) is 57.6 Å². The molecule has 1 atom stereocenters. The lowest BCUT2D eigenvalue weighted by molar-refractivity contribution is -0.274. The van der Waals surface area contributed by atoms with Crippen LogP contribution in [0.3, 0.4) is 0 Å². The SMILES string of the molecule is Cl.Cl.Oc1c([C@@H](c2ccc(OC(F)(F)F)cc2)N2CCNCC2)cc(Br)cc1C(F)(F)F. The van der Waals surface area contributed by atoms with Crippen LogP contribution in [0, 0.1) is 0 Å². The zero-order valence-corrected chi connectivity index (χ0v) is 19.4. The molecule has 0 aliphatic carbocycles. The predicted octanol–water partition coefficient (Wildman–Crippen LogP) is 5.91. The maximum Gasteiger partial charge on any atom is 0.573 e. The molecular formula is C19H19BrCl2F6N2O2. The van der Waals surface area contributed by atoms with E-state index in [1.54, 1.807) is 0 Å². The number of piperazine rings is 1. The first kappa shape index (κ1) is 28.6. The summed E-state index contributed by atoms with van der Waals surface area (Å²) in [5, 5.41) is 13.6. The molecule has 2 aromatic rings.